The number of nitrogens with one attached hydrogen (secondary N) is 1. The molecule has 4 heteroatoms. The van der Waals surface area contributed by atoms with Crippen molar-refractivity contribution in [3.05, 3.63) is 59.7 Å². The lowest BCUT2D eigenvalue weighted by atomic mass is 10.1. The standard InChI is InChI=1S/C23H31NO3/c1-5-22(27-21-10-6-8-18(4)16-21)23(25)24-15-7-9-19-11-13-20(14-12-19)26-17(2)3/h6,8,10-14,16-17,22H,5,7,9,15H2,1-4H3,(H,24,25)/t22-/m0/s1. The Morgan fingerprint density at radius 1 is 1.04 bits per heavy atom. The minimum Gasteiger partial charge on any atom is -0.491 e. The molecule has 27 heavy (non-hydrogen) atoms. The number of carbonyl (C=O) groups is 1. The average molecular weight is 370 g/mol. The SMILES string of the molecule is CC[C@H](Oc1cccc(C)c1)C(=O)NCCCc1ccc(OC(C)C)cc1. The minimum absolute atomic E-state index is 0.0558. The van der Waals surface area contributed by atoms with Crippen molar-refractivity contribution in [2.45, 2.75) is 59.2 Å². The molecular weight excluding hydrogens is 338 g/mol. The van der Waals surface area contributed by atoms with Gasteiger partial charge in [0.15, 0.2) is 6.10 Å². The molecule has 1 amide bonds. The molecule has 0 bridgehead atoms. The fourth-order valence-corrected chi connectivity index (χ4v) is 2.80. The number of hydrogen-bond donors (Lipinski definition) is 1. The zero-order chi connectivity index (χ0) is 19.6. The third-order valence-electron chi connectivity index (χ3n) is 4.17. The third kappa shape index (κ3) is 7.33. The molecule has 0 aliphatic rings. The molecule has 0 aromatic heterocycles. The van der Waals surface area contributed by atoms with Crippen molar-refractivity contribution in [3.63, 3.8) is 0 Å². The summed E-state index contributed by atoms with van der Waals surface area (Å²) in [4.78, 5) is 12.4. The van der Waals surface area contributed by atoms with Gasteiger partial charge in [-0.3, -0.25) is 4.79 Å². The molecule has 0 fully saturated rings. The van der Waals surface area contributed by atoms with Gasteiger partial charge in [0.25, 0.3) is 5.91 Å². The van der Waals surface area contributed by atoms with Crippen LogP contribution < -0.4 is 14.8 Å². The molecule has 0 heterocycles. The summed E-state index contributed by atoms with van der Waals surface area (Å²) in [7, 11) is 0. The highest BCUT2D eigenvalue weighted by Gasteiger charge is 2.17. The van der Waals surface area contributed by atoms with Gasteiger partial charge in [-0.1, -0.05) is 31.2 Å². The van der Waals surface area contributed by atoms with Crippen molar-refractivity contribution in [1.82, 2.24) is 5.32 Å². The van der Waals surface area contributed by atoms with Gasteiger partial charge in [0.1, 0.15) is 11.5 Å². The molecule has 0 radical (unpaired) electrons. The molecular formula is C23H31NO3. The van der Waals surface area contributed by atoms with Gasteiger partial charge in [0, 0.05) is 6.54 Å². The zero-order valence-corrected chi connectivity index (χ0v) is 16.8. The van der Waals surface area contributed by atoms with Gasteiger partial charge < -0.3 is 14.8 Å². The van der Waals surface area contributed by atoms with Crippen LogP contribution in [0, 0.1) is 6.92 Å². The maximum absolute atomic E-state index is 12.4. The lowest BCUT2D eigenvalue weighted by Gasteiger charge is -2.17. The quantitative estimate of drug-likeness (QED) is 0.618. The number of benzene rings is 2. The van der Waals surface area contributed by atoms with E-state index in [1.54, 1.807) is 0 Å². The van der Waals surface area contributed by atoms with E-state index in [9.17, 15) is 4.79 Å². The molecule has 146 valence electrons. The molecule has 0 saturated heterocycles. The molecule has 1 atom stereocenters. The largest absolute Gasteiger partial charge is 0.491 e. The summed E-state index contributed by atoms with van der Waals surface area (Å²) in [5.41, 5.74) is 2.36. The molecule has 0 aliphatic heterocycles. The smallest absolute Gasteiger partial charge is 0.261 e. The fourth-order valence-electron chi connectivity index (χ4n) is 2.80. The van der Waals surface area contributed by atoms with Gasteiger partial charge in [-0.15, -0.1) is 0 Å². The molecule has 0 unspecified atom stereocenters. The number of ether oxygens (including phenoxy) is 2. The topological polar surface area (TPSA) is 47.6 Å². The van der Waals surface area contributed by atoms with Gasteiger partial charge >= 0.3 is 0 Å². The molecule has 2 rings (SSSR count). The second-order valence-electron chi connectivity index (χ2n) is 7.04. The van der Waals surface area contributed by atoms with Crippen LogP contribution in [0.15, 0.2) is 48.5 Å². The molecule has 4 nitrogen and oxygen atoms in total. The van der Waals surface area contributed by atoms with Crippen LogP contribution in [0.1, 0.15) is 44.7 Å². The Labute approximate surface area is 162 Å². The highest BCUT2D eigenvalue weighted by Crippen LogP contribution is 2.16. The van der Waals surface area contributed by atoms with Gasteiger partial charge in [-0.05, 0) is 75.4 Å². The highest BCUT2D eigenvalue weighted by molar-refractivity contribution is 5.81. The number of amides is 1. The summed E-state index contributed by atoms with van der Waals surface area (Å²) in [5, 5.41) is 2.99. The first-order valence-electron chi connectivity index (χ1n) is 9.74. The first-order valence-corrected chi connectivity index (χ1v) is 9.74. The Balaban J connectivity index is 1.74. The Hall–Kier alpha value is -2.49. The second-order valence-corrected chi connectivity index (χ2v) is 7.04. The van der Waals surface area contributed by atoms with Crippen molar-refractivity contribution in [2.75, 3.05) is 6.54 Å². The lowest BCUT2D eigenvalue weighted by molar-refractivity contribution is -0.128. The van der Waals surface area contributed by atoms with Crippen LogP contribution in [0.3, 0.4) is 0 Å². The van der Waals surface area contributed by atoms with Crippen LogP contribution in [0.2, 0.25) is 0 Å². The first kappa shape index (κ1) is 20.8. The average Bonchev–Trinajstić information content (AvgIpc) is 2.64. The van der Waals surface area contributed by atoms with Crippen molar-refractivity contribution >= 4 is 5.91 Å². The van der Waals surface area contributed by atoms with Crippen LogP contribution >= 0.6 is 0 Å². The van der Waals surface area contributed by atoms with Crippen molar-refractivity contribution < 1.29 is 14.3 Å². The first-order chi connectivity index (χ1) is 13.0. The van der Waals surface area contributed by atoms with E-state index in [1.165, 1.54) is 5.56 Å². The van der Waals surface area contributed by atoms with Crippen molar-refractivity contribution in [2.24, 2.45) is 0 Å². The number of aryl methyl sites for hydroxylation is 2. The van der Waals surface area contributed by atoms with Gasteiger partial charge in [-0.2, -0.15) is 0 Å². The van der Waals surface area contributed by atoms with Crippen LogP contribution in [0.25, 0.3) is 0 Å². The molecule has 2 aromatic carbocycles. The van der Waals surface area contributed by atoms with Crippen LogP contribution in [0.5, 0.6) is 11.5 Å². The zero-order valence-electron chi connectivity index (χ0n) is 16.8. The normalized spacial score (nSPS) is 11.9. The van der Waals surface area contributed by atoms with E-state index in [1.807, 2.05) is 64.1 Å². The predicted octanol–water partition coefficient (Wildman–Crippen LogP) is 4.69. The third-order valence-corrected chi connectivity index (χ3v) is 4.17. The summed E-state index contributed by atoms with van der Waals surface area (Å²) < 4.78 is 11.5. The van der Waals surface area contributed by atoms with Crippen molar-refractivity contribution in [3.8, 4) is 11.5 Å². The van der Waals surface area contributed by atoms with Crippen LogP contribution in [0.4, 0.5) is 0 Å². The van der Waals surface area contributed by atoms with E-state index in [0.29, 0.717) is 13.0 Å². The number of rotatable bonds is 10. The van der Waals surface area contributed by atoms with E-state index >= 15 is 0 Å². The van der Waals surface area contributed by atoms with E-state index in [-0.39, 0.29) is 12.0 Å². The maximum atomic E-state index is 12.4. The van der Waals surface area contributed by atoms with Crippen molar-refractivity contribution in [1.29, 1.82) is 0 Å². The monoisotopic (exact) mass is 369 g/mol. The number of hydrogen-bond acceptors (Lipinski definition) is 3. The van der Waals surface area contributed by atoms with E-state index in [0.717, 1.165) is 29.9 Å². The summed E-state index contributed by atoms with van der Waals surface area (Å²) in [6.45, 7) is 8.64. The van der Waals surface area contributed by atoms with Gasteiger partial charge in [-0.25, -0.2) is 0 Å². The molecule has 0 spiro atoms. The van der Waals surface area contributed by atoms with Gasteiger partial charge in [0.05, 0.1) is 6.10 Å². The summed E-state index contributed by atoms with van der Waals surface area (Å²) in [6, 6.07) is 15.9. The highest BCUT2D eigenvalue weighted by atomic mass is 16.5. The maximum Gasteiger partial charge on any atom is 0.261 e. The fraction of sp³-hybridized carbons (Fsp3) is 0.435. The molecule has 0 aliphatic carbocycles. The summed E-state index contributed by atoms with van der Waals surface area (Å²) >= 11 is 0. The van der Waals surface area contributed by atoms with E-state index in [4.69, 9.17) is 9.47 Å². The Kier molecular flexibility index (Phi) is 8.18. The summed E-state index contributed by atoms with van der Waals surface area (Å²) in [6.07, 6.45) is 2.16. The minimum atomic E-state index is -0.459. The predicted molar refractivity (Wildman–Crippen MR) is 109 cm³/mol. The molecule has 2 aromatic rings. The van der Waals surface area contributed by atoms with E-state index in [2.05, 4.69) is 17.4 Å². The van der Waals surface area contributed by atoms with Gasteiger partial charge in [0.2, 0.25) is 0 Å². The lowest BCUT2D eigenvalue weighted by Crippen LogP contribution is -2.38. The summed E-state index contributed by atoms with van der Waals surface area (Å²) in [5.74, 6) is 1.57. The van der Waals surface area contributed by atoms with E-state index < -0.39 is 6.10 Å². The number of carbonyl (C=O) groups excluding carboxylic acids is 1. The second kappa shape index (κ2) is 10.6. The molecule has 0 saturated carbocycles. The molecule has 1 N–H and O–H groups in total. The Bertz CT molecular complexity index is 710. The van der Waals surface area contributed by atoms with Crippen LogP contribution in [-0.2, 0) is 11.2 Å². The Morgan fingerprint density at radius 3 is 2.41 bits per heavy atom. The Morgan fingerprint density at radius 2 is 1.78 bits per heavy atom. The van der Waals surface area contributed by atoms with Crippen LogP contribution in [-0.4, -0.2) is 24.7 Å².